The first-order chi connectivity index (χ1) is 13.9. The number of anilines is 1. The van der Waals surface area contributed by atoms with Gasteiger partial charge in [-0.15, -0.1) is 0 Å². The summed E-state index contributed by atoms with van der Waals surface area (Å²) >= 11 is 0. The molecule has 0 fully saturated rings. The molecule has 0 saturated heterocycles. The molecule has 3 heterocycles. The third kappa shape index (κ3) is 3.86. The maximum atomic E-state index is 13.6. The van der Waals surface area contributed by atoms with E-state index in [9.17, 15) is 18.0 Å². The molecule has 0 saturated carbocycles. The molecule has 10 heteroatoms. The second kappa shape index (κ2) is 7.23. The van der Waals surface area contributed by atoms with Crippen molar-refractivity contribution >= 4 is 11.6 Å². The van der Waals surface area contributed by atoms with Crippen molar-refractivity contribution in [2.75, 3.05) is 5.32 Å². The van der Waals surface area contributed by atoms with Crippen LogP contribution in [-0.4, -0.2) is 30.5 Å². The van der Waals surface area contributed by atoms with Gasteiger partial charge in [0.25, 0.3) is 5.91 Å². The number of carbonyl (C=O) groups excluding carboxylic acids is 1. The van der Waals surface area contributed by atoms with Crippen LogP contribution in [0, 0.1) is 0 Å². The Hall–Kier alpha value is -3.95. The Morgan fingerprint density at radius 1 is 0.931 bits per heavy atom. The molecule has 1 amide bonds. The van der Waals surface area contributed by atoms with Crippen molar-refractivity contribution in [1.82, 2.24) is 24.5 Å². The average Bonchev–Trinajstić information content (AvgIpc) is 3.42. The first kappa shape index (κ1) is 18.4. The lowest BCUT2D eigenvalue weighted by Crippen LogP contribution is -2.17. The molecule has 3 aromatic heterocycles. The summed E-state index contributed by atoms with van der Waals surface area (Å²) in [5.74, 6) is -0.328. The van der Waals surface area contributed by atoms with Crippen LogP contribution in [0.2, 0.25) is 0 Å². The SMILES string of the molecule is O=C(Nc1ccc(-n2cccn2)cc1C(F)(F)F)c1ccnc(-n2cccn2)c1. The van der Waals surface area contributed by atoms with Gasteiger partial charge in [0.05, 0.1) is 16.9 Å². The molecule has 0 aliphatic heterocycles. The molecule has 29 heavy (non-hydrogen) atoms. The molecule has 146 valence electrons. The summed E-state index contributed by atoms with van der Waals surface area (Å²) in [6.07, 6.45) is 2.90. The lowest BCUT2D eigenvalue weighted by molar-refractivity contribution is -0.136. The van der Waals surface area contributed by atoms with Crippen molar-refractivity contribution < 1.29 is 18.0 Å². The molecule has 4 rings (SSSR count). The maximum absolute atomic E-state index is 13.6. The lowest BCUT2D eigenvalue weighted by Gasteiger charge is -2.15. The Kier molecular flexibility index (Phi) is 4.59. The van der Waals surface area contributed by atoms with Gasteiger partial charge in [-0.05, 0) is 42.5 Å². The first-order valence-corrected chi connectivity index (χ1v) is 8.40. The van der Waals surface area contributed by atoms with Gasteiger partial charge >= 0.3 is 6.18 Å². The number of hydrogen-bond acceptors (Lipinski definition) is 4. The van der Waals surface area contributed by atoms with E-state index in [1.54, 1.807) is 24.5 Å². The smallest absolute Gasteiger partial charge is 0.321 e. The zero-order valence-corrected chi connectivity index (χ0v) is 14.7. The number of rotatable bonds is 4. The van der Waals surface area contributed by atoms with E-state index in [0.717, 1.165) is 6.07 Å². The topological polar surface area (TPSA) is 77.6 Å². The monoisotopic (exact) mass is 398 g/mol. The number of amides is 1. The molecule has 1 aromatic carbocycles. The second-order valence-corrected chi connectivity index (χ2v) is 5.99. The third-order valence-corrected chi connectivity index (χ3v) is 4.07. The lowest BCUT2D eigenvalue weighted by atomic mass is 10.1. The highest BCUT2D eigenvalue weighted by molar-refractivity contribution is 6.05. The van der Waals surface area contributed by atoms with Gasteiger partial charge in [0.15, 0.2) is 5.82 Å². The highest BCUT2D eigenvalue weighted by atomic mass is 19.4. The summed E-state index contributed by atoms with van der Waals surface area (Å²) in [4.78, 5) is 16.7. The quantitative estimate of drug-likeness (QED) is 0.568. The fourth-order valence-electron chi connectivity index (χ4n) is 2.72. The van der Waals surface area contributed by atoms with Crippen molar-refractivity contribution in [2.24, 2.45) is 0 Å². The van der Waals surface area contributed by atoms with Crippen LogP contribution in [0.5, 0.6) is 0 Å². The van der Waals surface area contributed by atoms with Crippen molar-refractivity contribution in [3.63, 3.8) is 0 Å². The van der Waals surface area contributed by atoms with E-state index in [0.29, 0.717) is 5.82 Å². The van der Waals surface area contributed by atoms with Crippen LogP contribution in [0.15, 0.2) is 73.4 Å². The fraction of sp³-hybridized carbons (Fsp3) is 0.0526. The fourth-order valence-corrected chi connectivity index (χ4v) is 2.72. The minimum absolute atomic E-state index is 0.148. The van der Waals surface area contributed by atoms with E-state index in [1.165, 1.54) is 52.2 Å². The van der Waals surface area contributed by atoms with E-state index >= 15 is 0 Å². The van der Waals surface area contributed by atoms with Gasteiger partial charge in [-0.2, -0.15) is 23.4 Å². The Morgan fingerprint density at radius 2 is 1.66 bits per heavy atom. The van der Waals surface area contributed by atoms with E-state index in [4.69, 9.17) is 0 Å². The van der Waals surface area contributed by atoms with Crippen LogP contribution in [0.3, 0.4) is 0 Å². The molecular weight excluding hydrogens is 385 g/mol. The first-order valence-electron chi connectivity index (χ1n) is 8.40. The molecule has 0 unspecified atom stereocenters. The van der Waals surface area contributed by atoms with Gasteiger partial charge in [0, 0.05) is 36.5 Å². The second-order valence-electron chi connectivity index (χ2n) is 5.99. The van der Waals surface area contributed by atoms with E-state index < -0.39 is 17.6 Å². The summed E-state index contributed by atoms with van der Waals surface area (Å²) < 4.78 is 43.5. The van der Waals surface area contributed by atoms with Crippen LogP contribution in [0.4, 0.5) is 18.9 Å². The average molecular weight is 398 g/mol. The molecule has 4 aromatic rings. The predicted octanol–water partition coefficient (Wildman–Crippen LogP) is 3.72. The van der Waals surface area contributed by atoms with Gasteiger partial charge in [-0.3, -0.25) is 4.79 Å². The van der Waals surface area contributed by atoms with Crippen molar-refractivity contribution in [2.45, 2.75) is 6.18 Å². The summed E-state index contributed by atoms with van der Waals surface area (Å²) in [6, 6.07) is 9.72. The van der Waals surface area contributed by atoms with Gasteiger partial charge in [0.1, 0.15) is 0 Å². The molecule has 1 N–H and O–H groups in total. The minimum Gasteiger partial charge on any atom is -0.321 e. The van der Waals surface area contributed by atoms with E-state index in [2.05, 4.69) is 20.5 Å². The number of benzene rings is 1. The summed E-state index contributed by atoms with van der Waals surface area (Å²) in [7, 11) is 0. The van der Waals surface area contributed by atoms with Crippen LogP contribution in [0.1, 0.15) is 15.9 Å². The Balaban J connectivity index is 1.65. The largest absolute Gasteiger partial charge is 0.418 e. The molecule has 7 nitrogen and oxygen atoms in total. The zero-order chi connectivity index (χ0) is 20.4. The maximum Gasteiger partial charge on any atom is 0.418 e. The number of nitrogens with one attached hydrogen (secondary N) is 1. The molecule has 0 aliphatic carbocycles. The summed E-state index contributed by atoms with van der Waals surface area (Å²) in [5, 5.41) is 10.3. The summed E-state index contributed by atoms with van der Waals surface area (Å²) in [5.41, 5.74) is -0.948. The van der Waals surface area contributed by atoms with Crippen LogP contribution < -0.4 is 5.32 Å². The molecule has 0 atom stereocenters. The molecule has 0 spiro atoms. The standard InChI is InChI=1S/C19H13F3N6O/c20-19(21,22)15-12-14(27-9-1-6-24-27)3-4-16(15)26-18(29)13-5-8-23-17(11-13)28-10-2-7-25-28/h1-12H,(H,26,29). The molecule has 0 bridgehead atoms. The molecule has 0 aliphatic rings. The van der Waals surface area contributed by atoms with Gasteiger partial charge < -0.3 is 5.32 Å². The number of hydrogen-bond donors (Lipinski definition) is 1. The number of alkyl halides is 3. The zero-order valence-electron chi connectivity index (χ0n) is 14.7. The van der Waals surface area contributed by atoms with Crippen LogP contribution in [-0.2, 0) is 6.18 Å². The number of aromatic nitrogens is 5. The van der Waals surface area contributed by atoms with Gasteiger partial charge in [0.2, 0.25) is 0 Å². The Bertz CT molecular complexity index is 1140. The number of nitrogens with zero attached hydrogens (tertiary/aromatic N) is 5. The van der Waals surface area contributed by atoms with Crippen molar-refractivity contribution in [3.05, 3.63) is 84.6 Å². The Morgan fingerprint density at radius 3 is 2.31 bits per heavy atom. The van der Waals surface area contributed by atoms with Crippen LogP contribution >= 0.6 is 0 Å². The molecule has 0 radical (unpaired) electrons. The summed E-state index contributed by atoms with van der Waals surface area (Å²) in [6.45, 7) is 0. The van der Waals surface area contributed by atoms with E-state index in [1.807, 2.05) is 0 Å². The van der Waals surface area contributed by atoms with Gasteiger partial charge in [-0.25, -0.2) is 14.3 Å². The predicted molar refractivity (Wildman–Crippen MR) is 97.9 cm³/mol. The highest BCUT2D eigenvalue weighted by Gasteiger charge is 2.34. The number of halogens is 3. The Labute approximate surface area is 162 Å². The third-order valence-electron chi connectivity index (χ3n) is 4.07. The van der Waals surface area contributed by atoms with Crippen molar-refractivity contribution in [3.8, 4) is 11.5 Å². The molecular formula is C19H13F3N6O. The van der Waals surface area contributed by atoms with E-state index in [-0.39, 0.29) is 16.9 Å². The number of pyridine rings is 1. The van der Waals surface area contributed by atoms with Crippen molar-refractivity contribution in [1.29, 1.82) is 0 Å². The normalized spacial score (nSPS) is 11.4. The van der Waals surface area contributed by atoms with Crippen LogP contribution in [0.25, 0.3) is 11.5 Å². The van der Waals surface area contributed by atoms with Gasteiger partial charge in [-0.1, -0.05) is 0 Å². The minimum atomic E-state index is -4.66. The number of carbonyl (C=O) groups is 1. The highest BCUT2D eigenvalue weighted by Crippen LogP contribution is 2.36.